The van der Waals surface area contributed by atoms with E-state index >= 15 is 0 Å². The molecule has 0 aliphatic heterocycles. The minimum absolute atomic E-state index is 0.299. The topological polar surface area (TPSA) is 68.5 Å². The standard InChI is InChI=1S/C17H16N4O2S/c1-2-23-17(22)19-18-11-14-12-21(15-9-6-10-24-15)20-16(14)13-7-4-3-5-8-13/h3-12H,2H2,1H3,(H,19,22)/b18-11-. The van der Waals surface area contributed by atoms with Gasteiger partial charge in [-0.2, -0.15) is 10.2 Å². The van der Waals surface area contributed by atoms with Gasteiger partial charge in [0.15, 0.2) is 0 Å². The molecule has 6 nitrogen and oxygen atoms in total. The zero-order valence-corrected chi connectivity index (χ0v) is 13.9. The fourth-order valence-electron chi connectivity index (χ4n) is 2.13. The molecule has 0 spiro atoms. The van der Waals surface area contributed by atoms with Crippen molar-refractivity contribution in [2.75, 3.05) is 6.61 Å². The molecule has 1 N–H and O–H groups in total. The van der Waals surface area contributed by atoms with E-state index < -0.39 is 6.09 Å². The van der Waals surface area contributed by atoms with Gasteiger partial charge in [-0.3, -0.25) is 0 Å². The van der Waals surface area contributed by atoms with Crippen molar-refractivity contribution in [3.8, 4) is 16.3 Å². The number of hydrogen-bond acceptors (Lipinski definition) is 5. The number of nitrogens with zero attached hydrogens (tertiary/aromatic N) is 3. The van der Waals surface area contributed by atoms with Crippen molar-refractivity contribution in [3.63, 3.8) is 0 Å². The highest BCUT2D eigenvalue weighted by molar-refractivity contribution is 7.12. The molecule has 1 amide bonds. The molecule has 0 radical (unpaired) electrons. The minimum Gasteiger partial charge on any atom is -0.449 e. The maximum atomic E-state index is 11.3. The SMILES string of the molecule is CCOC(=O)N/N=C\c1cn(-c2cccs2)nc1-c1ccccc1. The highest BCUT2D eigenvalue weighted by Crippen LogP contribution is 2.23. The number of ether oxygens (including phenoxy) is 1. The number of amides is 1. The van der Waals surface area contributed by atoms with Gasteiger partial charge in [-0.25, -0.2) is 14.9 Å². The first-order valence-electron chi connectivity index (χ1n) is 7.42. The smallest absolute Gasteiger partial charge is 0.427 e. The van der Waals surface area contributed by atoms with Gasteiger partial charge in [0.1, 0.15) is 10.7 Å². The van der Waals surface area contributed by atoms with Crippen molar-refractivity contribution < 1.29 is 9.53 Å². The first-order chi connectivity index (χ1) is 11.8. The Morgan fingerprint density at radius 3 is 2.88 bits per heavy atom. The Labute approximate surface area is 143 Å². The predicted molar refractivity (Wildman–Crippen MR) is 94.6 cm³/mol. The van der Waals surface area contributed by atoms with E-state index in [1.54, 1.807) is 29.2 Å². The Morgan fingerprint density at radius 1 is 1.33 bits per heavy atom. The molecule has 3 rings (SSSR count). The molecule has 0 atom stereocenters. The van der Waals surface area contributed by atoms with Gasteiger partial charge in [0.2, 0.25) is 0 Å². The predicted octanol–water partition coefficient (Wildman–Crippen LogP) is 3.68. The lowest BCUT2D eigenvalue weighted by molar-refractivity contribution is 0.152. The van der Waals surface area contributed by atoms with Gasteiger partial charge in [-0.05, 0) is 24.4 Å². The summed E-state index contributed by atoms with van der Waals surface area (Å²) in [6.45, 7) is 2.04. The zero-order chi connectivity index (χ0) is 16.8. The molecule has 2 heterocycles. The number of aromatic nitrogens is 2. The third-order valence-electron chi connectivity index (χ3n) is 3.16. The van der Waals surface area contributed by atoms with Gasteiger partial charge < -0.3 is 4.74 Å². The molecule has 1 aromatic carbocycles. The van der Waals surface area contributed by atoms with Crippen LogP contribution < -0.4 is 5.43 Å². The Kier molecular flexibility index (Phi) is 5.02. The van der Waals surface area contributed by atoms with Crippen LogP contribution in [-0.4, -0.2) is 28.7 Å². The third kappa shape index (κ3) is 3.69. The van der Waals surface area contributed by atoms with E-state index in [9.17, 15) is 4.79 Å². The van der Waals surface area contributed by atoms with E-state index in [0.29, 0.717) is 6.61 Å². The van der Waals surface area contributed by atoms with Crippen molar-refractivity contribution in [1.29, 1.82) is 0 Å². The molecular weight excluding hydrogens is 324 g/mol. The van der Waals surface area contributed by atoms with Crippen LogP contribution in [0.4, 0.5) is 4.79 Å². The van der Waals surface area contributed by atoms with E-state index in [0.717, 1.165) is 21.8 Å². The van der Waals surface area contributed by atoms with E-state index in [-0.39, 0.29) is 0 Å². The first kappa shape index (κ1) is 15.9. The normalized spacial score (nSPS) is 10.9. The van der Waals surface area contributed by atoms with Crippen LogP contribution in [0.15, 0.2) is 59.1 Å². The molecule has 0 aliphatic carbocycles. The largest absolute Gasteiger partial charge is 0.449 e. The molecule has 0 bridgehead atoms. The number of rotatable bonds is 5. The second kappa shape index (κ2) is 7.56. The zero-order valence-electron chi connectivity index (χ0n) is 13.0. The number of benzene rings is 1. The summed E-state index contributed by atoms with van der Waals surface area (Å²) in [6, 6.07) is 13.8. The van der Waals surface area contributed by atoms with Crippen LogP contribution in [-0.2, 0) is 4.74 Å². The number of thiophene rings is 1. The van der Waals surface area contributed by atoms with Crippen LogP contribution in [0.2, 0.25) is 0 Å². The lowest BCUT2D eigenvalue weighted by atomic mass is 10.1. The fourth-order valence-corrected chi connectivity index (χ4v) is 2.79. The van der Waals surface area contributed by atoms with Crippen LogP contribution in [0, 0.1) is 0 Å². The van der Waals surface area contributed by atoms with E-state index in [2.05, 4.69) is 15.6 Å². The van der Waals surface area contributed by atoms with E-state index in [1.165, 1.54) is 0 Å². The van der Waals surface area contributed by atoms with Crippen molar-refractivity contribution in [2.45, 2.75) is 6.92 Å². The summed E-state index contributed by atoms with van der Waals surface area (Å²) in [4.78, 5) is 11.3. The highest BCUT2D eigenvalue weighted by atomic mass is 32.1. The lowest BCUT2D eigenvalue weighted by Crippen LogP contribution is -2.18. The molecular formula is C17H16N4O2S. The van der Waals surface area contributed by atoms with Crippen LogP contribution in [0.5, 0.6) is 0 Å². The molecule has 0 saturated carbocycles. The fraction of sp³-hybridized carbons (Fsp3) is 0.118. The third-order valence-corrected chi connectivity index (χ3v) is 4.01. The van der Waals surface area contributed by atoms with Gasteiger partial charge in [-0.1, -0.05) is 30.3 Å². The molecule has 122 valence electrons. The van der Waals surface area contributed by atoms with Gasteiger partial charge in [0.05, 0.1) is 12.8 Å². The molecule has 0 fully saturated rings. The van der Waals surface area contributed by atoms with Crippen LogP contribution in [0.25, 0.3) is 16.3 Å². The summed E-state index contributed by atoms with van der Waals surface area (Å²) >= 11 is 1.59. The van der Waals surface area contributed by atoms with Crippen LogP contribution in [0.1, 0.15) is 12.5 Å². The molecule has 24 heavy (non-hydrogen) atoms. The summed E-state index contributed by atoms with van der Waals surface area (Å²) < 4.78 is 6.58. The van der Waals surface area contributed by atoms with Crippen LogP contribution >= 0.6 is 11.3 Å². The van der Waals surface area contributed by atoms with Crippen molar-refractivity contribution >= 4 is 23.6 Å². The maximum Gasteiger partial charge on any atom is 0.427 e. The van der Waals surface area contributed by atoms with Gasteiger partial charge in [0, 0.05) is 17.3 Å². The molecule has 2 aromatic heterocycles. The van der Waals surface area contributed by atoms with Crippen LogP contribution in [0.3, 0.4) is 0 Å². The molecule has 0 unspecified atom stereocenters. The molecule has 7 heteroatoms. The van der Waals surface area contributed by atoms with Gasteiger partial charge in [-0.15, -0.1) is 11.3 Å². The Morgan fingerprint density at radius 2 is 2.17 bits per heavy atom. The number of carbonyl (C=O) groups excluding carboxylic acids is 1. The summed E-state index contributed by atoms with van der Waals surface area (Å²) in [5.74, 6) is 0. The first-order valence-corrected chi connectivity index (χ1v) is 8.30. The molecule has 0 saturated heterocycles. The highest BCUT2D eigenvalue weighted by Gasteiger charge is 2.11. The minimum atomic E-state index is -0.583. The summed E-state index contributed by atoms with van der Waals surface area (Å²) in [7, 11) is 0. The van der Waals surface area contributed by atoms with Crippen molar-refractivity contribution in [2.24, 2.45) is 5.10 Å². The Balaban J connectivity index is 1.91. The number of hydrogen-bond donors (Lipinski definition) is 1. The van der Waals surface area contributed by atoms with Gasteiger partial charge >= 0.3 is 6.09 Å². The number of hydrazone groups is 1. The monoisotopic (exact) mass is 340 g/mol. The van der Waals surface area contributed by atoms with Gasteiger partial charge in [0.25, 0.3) is 0 Å². The molecule has 3 aromatic rings. The van der Waals surface area contributed by atoms with Crippen molar-refractivity contribution in [3.05, 3.63) is 59.6 Å². The average Bonchev–Trinajstić information content (AvgIpc) is 3.25. The average molecular weight is 340 g/mol. The van der Waals surface area contributed by atoms with E-state index in [4.69, 9.17) is 4.74 Å². The summed E-state index contributed by atoms with van der Waals surface area (Å²) in [5, 5.41) is 11.6. The van der Waals surface area contributed by atoms with E-state index in [1.807, 2.05) is 54.0 Å². The lowest BCUT2D eigenvalue weighted by Gasteiger charge is -1.99. The quantitative estimate of drug-likeness (QED) is 0.569. The Hall–Kier alpha value is -2.93. The van der Waals surface area contributed by atoms with Crippen molar-refractivity contribution in [1.82, 2.24) is 15.2 Å². The number of carbonyl (C=O) groups is 1. The Bertz CT molecular complexity index is 826. The second-order valence-electron chi connectivity index (χ2n) is 4.79. The second-order valence-corrected chi connectivity index (χ2v) is 5.71. The maximum absolute atomic E-state index is 11.3. The molecule has 0 aliphatic rings. The number of nitrogens with one attached hydrogen (secondary N) is 1. The summed E-state index contributed by atoms with van der Waals surface area (Å²) in [5.41, 5.74) is 4.89. The summed E-state index contributed by atoms with van der Waals surface area (Å²) in [6.07, 6.45) is 2.86.